The van der Waals surface area contributed by atoms with Gasteiger partial charge in [0, 0.05) is 10.9 Å². The third kappa shape index (κ3) is 2.72. The topological polar surface area (TPSA) is 92.0 Å². The summed E-state index contributed by atoms with van der Waals surface area (Å²) in [7, 11) is 0. The Morgan fingerprint density at radius 1 is 1.38 bits per heavy atom. The van der Waals surface area contributed by atoms with E-state index >= 15 is 0 Å². The number of halogens is 1. The number of nitrogens with one attached hydrogen (secondary N) is 3. The second-order valence-corrected chi connectivity index (χ2v) is 5.95. The van der Waals surface area contributed by atoms with Gasteiger partial charge in [0.05, 0.1) is 36.7 Å². The third-order valence-corrected chi connectivity index (χ3v) is 4.37. The van der Waals surface area contributed by atoms with Gasteiger partial charge in [0.1, 0.15) is 11.8 Å². The molecule has 4 rings (SSSR count). The standard InChI is InChI=1S/C16H15ClN4O3/c17-14-10-3-1-2-4-11(10)20-15(14)16(22)21-12-7-23-8-13(12)24-9-5-18-19-6-9/h1-6,12-13,20H,7-8H2,(H,18,19)(H,21,22)/t12-,13+/m0/s1. The molecule has 3 heterocycles. The number of nitrogens with zero attached hydrogens (tertiary/aromatic N) is 1. The second kappa shape index (κ2) is 6.18. The normalized spacial score (nSPS) is 20.4. The van der Waals surface area contributed by atoms with Gasteiger partial charge in [0.2, 0.25) is 0 Å². The van der Waals surface area contributed by atoms with Crippen molar-refractivity contribution in [1.29, 1.82) is 0 Å². The summed E-state index contributed by atoms with van der Waals surface area (Å²) in [6.45, 7) is 0.780. The highest BCUT2D eigenvalue weighted by Crippen LogP contribution is 2.27. The number of hydrogen-bond acceptors (Lipinski definition) is 4. The molecule has 1 amide bonds. The SMILES string of the molecule is O=C(N[C@H]1COC[C@H]1Oc1cn[nH]c1)c1[nH]c2ccccc2c1Cl. The molecule has 0 radical (unpaired) electrons. The molecule has 2 atom stereocenters. The van der Waals surface area contributed by atoms with Crippen molar-refractivity contribution in [2.24, 2.45) is 0 Å². The molecular formula is C16H15ClN4O3. The van der Waals surface area contributed by atoms with Crippen LogP contribution in [0.3, 0.4) is 0 Å². The molecule has 1 saturated heterocycles. The molecule has 24 heavy (non-hydrogen) atoms. The minimum Gasteiger partial charge on any atom is -0.482 e. The summed E-state index contributed by atoms with van der Waals surface area (Å²) >= 11 is 6.32. The number of benzene rings is 1. The Hall–Kier alpha value is -2.51. The third-order valence-electron chi connectivity index (χ3n) is 3.98. The fraction of sp³-hybridized carbons (Fsp3) is 0.250. The average Bonchev–Trinajstić information content (AvgIpc) is 3.31. The molecule has 8 heteroatoms. The van der Waals surface area contributed by atoms with Crippen LogP contribution in [-0.2, 0) is 4.74 Å². The van der Waals surface area contributed by atoms with E-state index in [1.807, 2.05) is 24.3 Å². The number of carbonyl (C=O) groups is 1. The summed E-state index contributed by atoms with van der Waals surface area (Å²) in [4.78, 5) is 15.6. The predicted molar refractivity (Wildman–Crippen MR) is 88.4 cm³/mol. The highest BCUT2D eigenvalue weighted by atomic mass is 35.5. The van der Waals surface area contributed by atoms with Crippen molar-refractivity contribution in [3.8, 4) is 5.75 Å². The number of hydrogen-bond donors (Lipinski definition) is 3. The van der Waals surface area contributed by atoms with E-state index in [9.17, 15) is 4.79 Å². The number of rotatable bonds is 4. The van der Waals surface area contributed by atoms with Gasteiger partial charge in [-0.1, -0.05) is 29.8 Å². The Balaban J connectivity index is 1.51. The maximum atomic E-state index is 12.6. The maximum absolute atomic E-state index is 12.6. The lowest BCUT2D eigenvalue weighted by molar-refractivity contribution is 0.0900. The van der Waals surface area contributed by atoms with Crippen molar-refractivity contribution in [2.75, 3.05) is 13.2 Å². The quantitative estimate of drug-likeness (QED) is 0.674. The largest absolute Gasteiger partial charge is 0.482 e. The number of H-pyrrole nitrogens is 2. The molecule has 0 saturated carbocycles. The monoisotopic (exact) mass is 346 g/mol. The molecule has 124 valence electrons. The van der Waals surface area contributed by atoms with Crippen molar-refractivity contribution < 1.29 is 14.3 Å². The van der Waals surface area contributed by atoms with E-state index in [2.05, 4.69) is 20.5 Å². The van der Waals surface area contributed by atoms with Gasteiger partial charge in [-0.05, 0) is 6.07 Å². The van der Waals surface area contributed by atoms with Gasteiger partial charge in [-0.3, -0.25) is 9.89 Å². The summed E-state index contributed by atoms with van der Waals surface area (Å²) < 4.78 is 11.2. The number of ether oxygens (including phenoxy) is 2. The fourth-order valence-electron chi connectivity index (χ4n) is 2.77. The van der Waals surface area contributed by atoms with E-state index in [0.29, 0.717) is 29.7 Å². The van der Waals surface area contributed by atoms with Crippen LogP contribution in [0.1, 0.15) is 10.5 Å². The van der Waals surface area contributed by atoms with Gasteiger partial charge in [0.25, 0.3) is 5.91 Å². The predicted octanol–water partition coefficient (Wildman–Crippen LogP) is 2.12. The van der Waals surface area contributed by atoms with E-state index in [1.54, 1.807) is 12.4 Å². The summed E-state index contributed by atoms with van der Waals surface area (Å²) in [5.74, 6) is 0.320. The van der Waals surface area contributed by atoms with Crippen molar-refractivity contribution >= 4 is 28.4 Å². The van der Waals surface area contributed by atoms with Gasteiger partial charge >= 0.3 is 0 Å². The maximum Gasteiger partial charge on any atom is 0.269 e. The molecule has 1 fully saturated rings. The zero-order valence-electron chi connectivity index (χ0n) is 12.6. The van der Waals surface area contributed by atoms with Crippen LogP contribution in [0.2, 0.25) is 5.02 Å². The van der Waals surface area contributed by atoms with Gasteiger partial charge in [0.15, 0.2) is 5.75 Å². The Morgan fingerprint density at radius 3 is 3.04 bits per heavy atom. The molecule has 3 N–H and O–H groups in total. The molecule has 0 aliphatic carbocycles. The number of aromatic amines is 2. The Morgan fingerprint density at radius 2 is 2.25 bits per heavy atom. The zero-order valence-corrected chi connectivity index (χ0v) is 13.3. The van der Waals surface area contributed by atoms with Crippen LogP contribution in [0.25, 0.3) is 10.9 Å². The van der Waals surface area contributed by atoms with Crippen molar-refractivity contribution in [3.05, 3.63) is 47.4 Å². The molecule has 7 nitrogen and oxygen atoms in total. The summed E-state index contributed by atoms with van der Waals surface area (Å²) in [6, 6.07) is 7.24. The number of carbonyl (C=O) groups excluding carboxylic acids is 1. The first-order valence-corrected chi connectivity index (χ1v) is 7.90. The van der Waals surface area contributed by atoms with Crippen LogP contribution in [-0.4, -0.2) is 46.4 Å². The fourth-order valence-corrected chi connectivity index (χ4v) is 3.07. The Bertz CT molecular complexity index is 861. The smallest absolute Gasteiger partial charge is 0.269 e. The van der Waals surface area contributed by atoms with Crippen molar-refractivity contribution in [2.45, 2.75) is 12.1 Å². The molecule has 1 aliphatic rings. The Kier molecular flexibility index (Phi) is 3.87. The second-order valence-electron chi connectivity index (χ2n) is 5.57. The van der Waals surface area contributed by atoms with Gasteiger partial charge in [-0.15, -0.1) is 0 Å². The molecule has 0 spiro atoms. The number of para-hydroxylation sites is 1. The average molecular weight is 347 g/mol. The lowest BCUT2D eigenvalue weighted by atomic mass is 10.2. The summed E-state index contributed by atoms with van der Waals surface area (Å²) in [5, 5.41) is 10.7. The first-order chi connectivity index (χ1) is 11.7. The zero-order chi connectivity index (χ0) is 16.5. The van der Waals surface area contributed by atoms with Gasteiger partial charge in [-0.2, -0.15) is 5.10 Å². The van der Waals surface area contributed by atoms with Crippen molar-refractivity contribution in [3.63, 3.8) is 0 Å². The minimum absolute atomic E-state index is 0.269. The Labute approximate surface area is 142 Å². The number of amides is 1. The van der Waals surface area contributed by atoms with E-state index in [1.165, 1.54) is 0 Å². The first-order valence-electron chi connectivity index (χ1n) is 7.52. The highest BCUT2D eigenvalue weighted by Gasteiger charge is 2.32. The lowest BCUT2D eigenvalue weighted by Gasteiger charge is -2.19. The van der Waals surface area contributed by atoms with E-state index < -0.39 is 0 Å². The van der Waals surface area contributed by atoms with Crippen molar-refractivity contribution in [1.82, 2.24) is 20.5 Å². The summed E-state index contributed by atoms with van der Waals surface area (Å²) in [5.41, 5.74) is 1.16. The molecule has 0 unspecified atom stereocenters. The van der Waals surface area contributed by atoms with Crippen LogP contribution >= 0.6 is 11.6 Å². The van der Waals surface area contributed by atoms with E-state index in [0.717, 1.165) is 10.9 Å². The van der Waals surface area contributed by atoms with Crippen LogP contribution in [0.4, 0.5) is 0 Å². The van der Waals surface area contributed by atoms with Gasteiger partial charge < -0.3 is 19.8 Å². The molecule has 2 aromatic heterocycles. The lowest BCUT2D eigenvalue weighted by Crippen LogP contribution is -2.45. The van der Waals surface area contributed by atoms with Crippen LogP contribution in [0.5, 0.6) is 5.75 Å². The van der Waals surface area contributed by atoms with Gasteiger partial charge in [-0.25, -0.2) is 0 Å². The number of fused-ring (bicyclic) bond motifs is 1. The molecular weight excluding hydrogens is 332 g/mol. The molecule has 1 aliphatic heterocycles. The number of aromatic nitrogens is 3. The van der Waals surface area contributed by atoms with Crippen LogP contribution in [0.15, 0.2) is 36.7 Å². The first kappa shape index (κ1) is 15.0. The molecule has 1 aromatic carbocycles. The molecule has 3 aromatic rings. The molecule has 0 bridgehead atoms. The highest BCUT2D eigenvalue weighted by molar-refractivity contribution is 6.38. The van der Waals surface area contributed by atoms with Crippen LogP contribution in [0, 0.1) is 0 Å². The van der Waals surface area contributed by atoms with E-state index in [-0.39, 0.29) is 18.1 Å². The van der Waals surface area contributed by atoms with E-state index in [4.69, 9.17) is 21.1 Å². The minimum atomic E-state index is -0.285. The summed E-state index contributed by atoms with van der Waals surface area (Å²) in [6.07, 6.45) is 2.94. The van der Waals surface area contributed by atoms with Crippen LogP contribution < -0.4 is 10.1 Å².